The minimum Gasteiger partial charge on any atom is -0.478 e. The summed E-state index contributed by atoms with van der Waals surface area (Å²) in [5, 5.41) is 8.92. The van der Waals surface area contributed by atoms with Crippen LogP contribution in [0.2, 0.25) is 0 Å². The monoisotopic (exact) mass is 380 g/mol. The highest BCUT2D eigenvalue weighted by atomic mass is 32.2. The van der Waals surface area contributed by atoms with Crippen LogP contribution in [0.25, 0.3) is 0 Å². The molecule has 8 heteroatoms. The van der Waals surface area contributed by atoms with Gasteiger partial charge in [0, 0.05) is 32.1 Å². The summed E-state index contributed by atoms with van der Waals surface area (Å²) >= 11 is 0. The Bertz CT molecular complexity index is 782. The smallest absolute Gasteiger partial charge is 0.335 e. The molecule has 2 aliphatic heterocycles. The molecule has 26 heavy (non-hydrogen) atoms. The van der Waals surface area contributed by atoms with Gasteiger partial charge in [0.25, 0.3) is 0 Å². The maximum Gasteiger partial charge on any atom is 0.335 e. The minimum atomic E-state index is -3.67. The number of sulfonamides is 1. The Labute approximate surface area is 153 Å². The van der Waals surface area contributed by atoms with Crippen molar-refractivity contribution >= 4 is 21.9 Å². The molecule has 0 spiro atoms. The van der Waals surface area contributed by atoms with Crippen LogP contribution in [0, 0.1) is 11.8 Å². The highest BCUT2D eigenvalue weighted by molar-refractivity contribution is 7.89. The molecule has 2 fully saturated rings. The van der Waals surface area contributed by atoms with Crippen LogP contribution < -0.4 is 0 Å². The zero-order valence-corrected chi connectivity index (χ0v) is 15.6. The molecule has 0 saturated carbocycles. The number of aromatic carboxylic acids is 1. The number of hydrogen-bond donors (Lipinski definition) is 1. The molecule has 1 amide bonds. The van der Waals surface area contributed by atoms with E-state index < -0.39 is 16.0 Å². The number of rotatable bonds is 4. The van der Waals surface area contributed by atoms with Crippen LogP contribution >= 0.6 is 0 Å². The number of amides is 1. The van der Waals surface area contributed by atoms with Gasteiger partial charge in [0.05, 0.1) is 10.5 Å². The van der Waals surface area contributed by atoms with E-state index in [4.69, 9.17) is 5.11 Å². The first-order valence-corrected chi connectivity index (χ1v) is 10.4. The maximum absolute atomic E-state index is 12.7. The third-order valence-electron chi connectivity index (χ3n) is 5.28. The Morgan fingerprint density at radius 2 is 1.65 bits per heavy atom. The summed E-state index contributed by atoms with van der Waals surface area (Å²) in [4.78, 5) is 25.5. The molecule has 2 saturated heterocycles. The van der Waals surface area contributed by atoms with Crippen molar-refractivity contribution in [1.29, 1.82) is 0 Å². The predicted molar refractivity (Wildman–Crippen MR) is 95.2 cm³/mol. The Balaban J connectivity index is 1.63. The van der Waals surface area contributed by atoms with Crippen LogP contribution in [0.4, 0.5) is 0 Å². The Morgan fingerprint density at radius 3 is 2.15 bits per heavy atom. The fourth-order valence-corrected chi connectivity index (χ4v) is 5.12. The van der Waals surface area contributed by atoms with Crippen molar-refractivity contribution in [2.75, 3.05) is 26.2 Å². The van der Waals surface area contributed by atoms with Gasteiger partial charge in [-0.25, -0.2) is 13.2 Å². The first-order valence-electron chi connectivity index (χ1n) is 8.91. The van der Waals surface area contributed by atoms with Gasteiger partial charge in [0.15, 0.2) is 0 Å². The van der Waals surface area contributed by atoms with E-state index in [0.717, 1.165) is 19.5 Å². The van der Waals surface area contributed by atoms with Gasteiger partial charge in [-0.1, -0.05) is 6.92 Å². The summed E-state index contributed by atoms with van der Waals surface area (Å²) in [5.74, 6) is -0.518. The van der Waals surface area contributed by atoms with Crippen molar-refractivity contribution < 1.29 is 23.1 Å². The van der Waals surface area contributed by atoms with E-state index in [2.05, 4.69) is 6.92 Å². The number of nitrogens with zero attached hydrogens (tertiary/aromatic N) is 2. The van der Waals surface area contributed by atoms with Gasteiger partial charge in [-0.15, -0.1) is 0 Å². The first kappa shape index (κ1) is 18.8. The van der Waals surface area contributed by atoms with Crippen LogP contribution in [-0.2, 0) is 14.8 Å². The SMILES string of the molecule is CC1CCN(C(=O)C2CCN(S(=O)(=O)c3ccc(C(=O)O)cc3)CC2)C1. The van der Waals surface area contributed by atoms with Gasteiger partial charge in [-0.2, -0.15) is 4.31 Å². The quantitative estimate of drug-likeness (QED) is 0.857. The van der Waals surface area contributed by atoms with E-state index in [1.54, 1.807) is 0 Å². The Hall–Kier alpha value is -1.93. The molecule has 0 radical (unpaired) electrons. The number of carbonyl (C=O) groups is 2. The summed E-state index contributed by atoms with van der Waals surface area (Å²) in [5.41, 5.74) is 0.0492. The van der Waals surface area contributed by atoms with Crippen LogP contribution in [0.3, 0.4) is 0 Å². The summed E-state index contributed by atoms with van der Waals surface area (Å²) in [6.07, 6.45) is 2.08. The summed E-state index contributed by atoms with van der Waals surface area (Å²) in [6.45, 7) is 4.35. The normalized spacial score (nSPS) is 22.5. The van der Waals surface area contributed by atoms with Crippen LogP contribution in [0.1, 0.15) is 36.5 Å². The van der Waals surface area contributed by atoms with Gasteiger partial charge in [-0.05, 0) is 49.4 Å². The second-order valence-electron chi connectivity index (χ2n) is 7.19. The fraction of sp³-hybridized carbons (Fsp3) is 0.556. The van der Waals surface area contributed by atoms with Crippen molar-refractivity contribution in [2.24, 2.45) is 11.8 Å². The molecule has 0 bridgehead atoms. The lowest BCUT2D eigenvalue weighted by atomic mass is 9.96. The van der Waals surface area contributed by atoms with Crippen LogP contribution in [0.15, 0.2) is 29.2 Å². The lowest BCUT2D eigenvalue weighted by molar-refractivity contribution is -0.135. The van der Waals surface area contributed by atoms with Crippen molar-refractivity contribution in [3.8, 4) is 0 Å². The number of piperidine rings is 1. The standard InChI is InChI=1S/C18H24N2O5S/c1-13-6-9-19(12-13)17(21)14-7-10-20(11-8-14)26(24,25)16-4-2-15(3-5-16)18(22)23/h2-5,13-14H,6-12H2,1H3,(H,22,23). The molecular formula is C18H24N2O5S. The lowest BCUT2D eigenvalue weighted by Crippen LogP contribution is -2.43. The third kappa shape index (κ3) is 3.76. The zero-order chi connectivity index (χ0) is 18.9. The van der Waals surface area contributed by atoms with Crippen molar-refractivity contribution in [3.63, 3.8) is 0 Å². The summed E-state index contributed by atoms with van der Waals surface area (Å²) in [7, 11) is -3.67. The van der Waals surface area contributed by atoms with Gasteiger partial charge in [-0.3, -0.25) is 4.79 Å². The number of carboxylic acids is 1. The second kappa shape index (κ2) is 7.36. The zero-order valence-electron chi connectivity index (χ0n) is 14.8. The third-order valence-corrected chi connectivity index (χ3v) is 7.19. The number of carboxylic acid groups (broad SMARTS) is 1. The largest absolute Gasteiger partial charge is 0.478 e. The molecule has 0 aliphatic carbocycles. The van der Waals surface area contributed by atoms with Crippen molar-refractivity contribution in [2.45, 2.75) is 31.1 Å². The first-order chi connectivity index (χ1) is 12.3. The molecule has 1 atom stereocenters. The number of carbonyl (C=O) groups excluding carboxylic acids is 1. The molecule has 142 valence electrons. The molecule has 2 aliphatic rings. The lowest BCUT2D eigenvalue weighted by Gasteiger charge is -2.32. The molecule has 2 heterocycles. The summed E-state index contributed by atoms with van der Waals surface area (Å²) < 4.78 is 26.8. The number of hydrogen-bond acceptors (Lipinski definition) is 4. The number of likely N-dealkylation sites (tertiary alicyclic amines) is 1. The molecular weight excluding hydrogens is 356 g/mol. The predicted octanol–water partition coefficient (Wildman–Crippen LogP) is 1.65. The van der Waals surface area contributed by atoms with Gasteiger partial charge in [0.1, 0.15) is 0 Å². The average molecular weight is 380 g/mol. The maximum atomic E-state index is 12.7. The highest BCUT2D eigenvalue weighted by Gasteiger charge is 2.35. The van der Waals surface area contributed by atoms with Gasteiger partial charge >= 0.3 is 5.97 Å². The molecule has 1 N–H and O–H groups in total. The van der Waals surface area contributed by atoms with Gasteiger partial charge in [0.2, 0.25) is 15.9 Å². The average Bonchev–Trinajstić information content (AvgIpc) is 3.07. The molecule has 1 unspecified atom stereocenters. The second-order valence-corrected chi connectivity index (χ2v) is 9.12. The molecule has 0 aromatic heterocycles. The number of benzene rings is 1. The molecule has 7 nitrogen and oxygen atoms in total. The van der Waals surface area contributed by atoms with E-state index in [-0.39, 0.29) is 22.3 Å². The molecule has 1 aromatic carbocycles. The molecule has 3 rings (SSSR count). The van der Waals surface area contributed by atoms with Crippen LogP contribution in [-0.4, -0.2) is 60.8 Å². The molecule has 1 aromatic rings. The summed E-state index contributed by atoms with van der Waals surface area (Å²) in [6, 6.07) is 5.23. The Morgan fingerprint density at radius 1 is 1.04 bits per heavy atom. The van der Waals surface area contributed by atoms with Crippen LogP contribution in [0.5, 0.6) is 0 Å². The van der Waals surface area contributed by atoms with E-state index in [9.17, 15) is 18.0 Å². The van der Waals surface area contributed by atoms with E-state index in [1.165, 1.54) is 28.6 Å². The highest BCUT2D eigenvalue weighted by Crippen LogP contribution is 2.27. The van der Waals surface area contributed by atoms with Crippen molar-refractivity contribution in [1.82, 2.24) is 9.21 Å². The van der Waals surface area contributed by atoms with E-state index >= 15 is 0 Å². The van der Waals surface area contributed by atoms with E-state index in [0.29, 0.717) is 31.8 Å². The van der Waals surface area contributed by atoms with Crippen molar-refractivity contribution in [3.05, 3.63) is 29.8 Å². The van der Waals surface area contributed by atoms with E-state index in [1.807, 2.05) is 4.90 Å². The van der Waals surface area contributed by atoms with Gasteiger partial charge < -0.3 is 10.0 Å². The fourth-order valence-electron chi connectivity index (χ4n) is 3.66. The minimum absolute atomic E-state index is 0.0492. The Kier molecular flexibility index (Phi) is 5.34. The topological polar surface area (TPSA) is 95.0 Å².